The van der Waals surface area contributed by atoms with E-state index in [0.29, 0.717) is 28.0 Å². The van der Waals surface area contributed by atoms with E-state index in [1.54, 1.807) is 18.2 Å². The van der Waals surface area contributed by atoms with Crippen molar-refractivity contribution < 1.29 is 9.72 Å². The van der Waals surface area contributed by atoms with E-state index < -0.39 is 4.92 Å². The number of nitro groups is 1. The van der Waals surface area contributed by atoms with Crippen molar-refractivity contribution in [3.63, 3.8) is 0 Å². The number of thioether (sulfide) groups is 1. The number of non-ortho nitro benzene ring substituents is 1. The predicted molar refractivity (Wildman–Crippen MR) is 139 cm³/mol. The van der Waals surface area contributed by atoms with Gasteiger partial charge in [0.15, 0.2) is 11.0 Å². The van der Waals surface area contributed by atoms with Gasteiger partial charge in [-0.25, -0.2) is 0 Å². The first-order valence-corrected chi connectivity index (χ1v) is 12.2. The summed E-state index contributed by atoms with van der Waals surface area (Å²) in [5, 5.41) is 25.4. The number of amides is 1. The molecule has 0 unspecified atom stereocenters. The van der Waals surface area contributed by atoms with Crippen molar-refractivity contribution in [2.45, 2.75) is 17.5 Å². The summed E-state index contributed by atoms with van der Waals surface area (Å²) in [5.74, 6) is 0.973. The molecule has 0 atom stereocenters. The van der Waals surface area contributed by atoms with Crippen molar-refractivity contribution >= 4 is 34.1 Å². The Hall–Kier alpha value is -4.50. The molecular formula is C27H21N5O3S. The van der Waals surface area contributed by atoms with Gasteiger partial charge in [0.1, 0.15) is 0 Å². The minimum absolute atomic E-state index is 0.00327. The summed E-state index contributed by atoms with van der Waals surface area (Å²) in [6, 6.07) is 29.6. The fraction of sp³-hybridized carbons (Fsp3) is 0.0741. The Morgan fingerprint density at radius 3 is 2.36 bits per heavy atom. The number of fused-ring (bicyclic) bond motifs is 1. The van der Waals surface area contributed by atoms with Crippen molar-refractivity contribution in [3.05, 3.63) is 124 Å². The van der Waals surface area contributed by atoms with Crippen LogP contribution in [-0.4, -0.2) is 25.6 Å². The predicted octanol–water partition coefficient (Wildman–Crippen LogP) is 5.55. The highest BCUT2D eigenvalue weighted by Gasteiger charge is 2.17. The highest BCUT2D eigenvalue weighted by atomic mass is 32.2. The van der Waals surface area contributed by atoms with Crippen LogP contribution in [0.15, 0.2) is 102 Å². The van der Waals surface area contributed by atoms with Crippen molar-refractivity contribution in [2.24, 2.45) is 0 Å². The van der Waals surface area contributed by atoms with Gasteiger partial charge in [0.05, 0.1) is 11.5 Å². The molecule has 0 aliphatic rings. The molecule has 5 rings (SSSR count). The molecule has 1 aromatic heterocycles. The van der Waals surface area contributed by atoms with Gasteiger partial charge in [-0.1, -0.05) is 72.4 Å². The van der Waals surface area contributed by atoms with Crippen LogP contribution in [0.5, 0.6) is 0 Å². The van der Waals surface area contributed by atoms with Gasteiger partial charge in [-0.2, -0.15) is 0 Å². The molecule has 0 radical (unpaired) electrons. The van der Waals surface area contributed by atoms with Crippen LogP contribution >= 0.6 is 11.8 Å². The van der Waals surface area contributed by atoms with E-state index in [2.05, 4.69) is 15.5 Å². The molecule has 4 aromatic carbocycles. The molecule has 0 fully saturated rings. The largest absolute Gasteiger partial charge is 0.345 e. The minimum Gasteiger partial charge on any atom is -0.345 e. The van der Waals surface area contributed by atoms with Crippen LogP contribution in [0.25, 0.3) is 16.5 Å². The van der Waals surface area contributed by atoms with Crippen LogP contribution in [0.1, 0.15) is 21.7 Å². The third-order valence-corrected chi connectivity index (χ3v) is 6.65. The van der Waals surface area contributed by atoms with E-state index in [-0.39, 0.29) is 18.1 Å². The molecule has 0 aliphatic carbocycles. The Bertz CT molecular complexity index is 1530. The minimum atomic E-state index is -0.439. The van der Waals surface area contributed by atoms with Crippen molar-refractivity contribution in [1.29, 1.82) is 0 Å². The van der Waals surface area contributed by atoms with Gasteiger partial charge in [-0.3, -0.25) is 19.5 Å². The number of nitro benzene ring substituents is 1. The standard InChI is InChI=1S/C27H21N5O3S/c33-26(22-11-10-20-8-4-5-9-21(20)16-22)28-17-25-29-30-27(36-18-19-6-2-1-3-7-19)31(25)23-12-14-24(15-13-23)32(34)35/h1-16H,17-18H2,(H,28,33). The number of nitrogens with one attached hydrogen (secondary N) is 1. The first kappa shape index (κ1) is 23.3. The van der Waals surface area contributed by atoms with Gasteiger partial charge < -0.3 is 5.32 Å². The van der Waals surface area contributed by atoms with Crippen LogP contribution < -0.4 is 5.32 Å². The third-order valence-electron chi connectivity index (χ3n) is 5.65. The molecule has 36 heavy (non-hydrogen) atoms. The van der Waals surface area contributed by atoms with Gasteiger partial charge in [-0.05, 0) is 40.6 Å². The smallest absolute Gasteiger partial charge is 0.269 e. The molecule has 9 heteroatoms. The topological polar surface area (TPSA) is 103 Å². The molecule has 0 aliphatic heterocycles. The molecule has 1 N–H and O–H groups in total. The van der Waals surface area contributed by atoms with Crippen LogP contribution in [0.2, 0.25) is 0 Å². The van der Waals surface area contributed by atoms with Crippen molar-refractivity contribution in [2.75, 3.05) is 0 Å². The summed E-state index contributed by atoms with van der Waals surface area (Å²) in [6.45, 7) is 0.140. The lowest BCUT2D eigenvalue weighted by atomic mass is 10.1. The van der Waals surface area contributed by atoms with E-state index in [1.165, 1.54) is 23.9 Å². The lowest BCUT2D eigenvalue weighted by Crippen LogP contribution is -2.24. The lowest BCUT2D eigenvalue weighted by molar-refractivity contribution is -0.384. The molecule has 0 saturated carbocycles. The summed E-state index contributed by atoms with van der Waals surface area (Å²) < 4.78 is 1.82. The van der Waals surface area contributed by atoms with Gasteiger partial charge in [0, 0.05) is 29.1 Å². The number of nitrogens with zero attached hydrogens (tertiary/aromatic N) is 4. The maximum absolute atomic E-state index is 12.9. The van der Waals surface area contributed by atoms with E-state index in [1.807, 2.05) is 71.3 Å². The summed E-state index contributed by atoms with van der Waals surface area (Å²) >= 11 is 1.50. The number of carbonyl (C=O) groups is 1. The average Bonchev–Trinajstić information content (AvgIpc) is 3.33. The molecule has 0 bridgehead atoms. The van der Waals surface area contributed by atoms with Crippen molar-refractivity contribution in [3.8, 4) is 5.69 Å². The maximum Gasteiger partial charge on any atom is 0.269 e. The second-order valence-electron chi connectivity index (χ2n) is 8.03. The normalized spacial score (nSPS) is 10.9. The Balaban J connectivity index is 1.39. The highest BCUT2D eigenvalue weighted by Crippen LogP contribution is 2.26. The summed E-state index contributed by atoms with van der Waals surface area (Å²) in [7, 11) is 0. The summed E-state index contributed by atoms with van der Waals surface area (Å²) in [5.41, 5.74) is 2.35. The SMILES string of the molecule is O=C(NCc1nnc(SCc2ccccc2)n1-c1ccc([N+](=O)[O-])cc1)c1ccc2ccccc2c1. The number of rotatable bonds is 8. The Kier molecular flexibility index (Phi) is 6.72. The van der Waals surface area contributed by atoms with Crippen LogP contribution in [-0.2, 0) is 12.3 Å². The zero-order valence-corrected chi connectivity index (χ0v) is 19.9. The molecule has 0 saturated heterocycles. The van der Waals surface area contributed by atoms with E-state index in [9.17, 15) is 14.9 Å². The lowest BCUT2D eigenvalue weighted by Gasteiger charge is -2.11. The molecule has 1 amide bonds. The van der Waals surface area contributed by atoms with Gasteiger partial charge in [-0.15, -0.1) is 10.2 Å². The summed E-state index contributed by atoms with van der Waals surface area (Å²) in [6.07, 6.45) is 0. The highest BCUT2D eigenvalue weighted by molar-refractivity contribution is 7.98. The fourth-order valence-electron chi connectivity index (χ4n) is 3.81. The molecule has 5 aromatic rings. The van der Waals surface area contributed by atoms with E-state index in [0.717, 1.165) is 16.3 Å². The molecule has 178 valence electrons. The Morgan fingerprint density at radius 2 is 1.61 bits per heavy atom. The van der Waals surface area contributed by atoms with E-state index >= 15 is 0 Å². The van der Waals surface area contributed by atoms with Crippen LogP contribution in [0.4, 0.5) is 5.69 Å². The number of carbonyl (C=O) groups excluding carboxylic acids is 1. The fourth-order valence-corrected chi connectivity index (χ4v) is 4.73. The number of aromatic nitrogens is 3. The van der Waals surface area contributed by atoms with Gasteiger partial charge in [0.2, 0.25) is 0 Å². The quantitative estimate of drug-likeness (QED) is 0.172. The molecule has 1 heterocycles. The number of hydrogen-bond donors (Lipinski definition) is 1. The van der Waals surface area contributed by atoms with Gasteiger partial charge >= 0.3 is 0 Å². The molecule has 0 spiro atoms. The zero-order valence-electron chi connectivity index (χ0n) is 19.1. The Morgan fingerprint density at radius 1 is 0.889 bits per heavy atom. The van der Waals surface area contributed by atoms with Gasteiger partial charge in [0.25, 0.3) is 11.6 Å². The second kappa shape index (κ2) is 10.4. The Labute approximate surface area is 211 Å². The molecule has 8 nitrogen and oxygen atoms in total. The van der Waals surface area contributed by atoms with E-state index in [4.69, 9.17) is 0 Å². The number of benzene rings is 4. The first-order valence-electron chi connectivity index (χ1n) is 11.2. The zero-order chi connectivity index (χ0) is 24.9. The van der Waals surface area contributed by atoms with Crippen LogP contribution in [0, 0.1) is 10.1 Å². The second-order valence-corrected chi connectivity index (χ2v) is 8.97. The van der Waals surface area contributed by atoms with Crippen molar-refractivity contribution in [1.82, 2.24) is 20.1 Å². The summed E-state index contributed by atoms with van der Waals surface area (Å²) in [4.78, 5) is 23.6. The van der Waals surface area contributed by atoms with Crippen LogP contribution in [0.3, 0.4) is 0 Å². The first-order chi connectivity index (χ1) is 17.6. The third kappa shape index (κ3) is 5.11. The monoisotopic (exact) mass is 495 g/mol. The molecular weight excluding hydrogens is 474 g/mol. The number of hydrogen-bond acceptors (Lipinski definition) is 6. The average molecular weight is 496 g/mol. The maximum atomic E-state index is 12.9.